The Kier molecular flexibility index (Phi) is 3.68. The maximum Gasteiger partial charge on any atom is 0.185 e. The smallest absolute Gasteiger partial charge is 0.185 e. The lowest BCUT2D eigenvalue weighted by Crippen LogP contribution is -2.18. The number of carbonyl (C=O) groups excluding carboxylic acids is 1. The molecule has 2 aromatic carbocycles. The van der Waals surface area contributed by atoms with Gasteiger partial charge in [-0.2, -0.15) is 0 Å². The monoisotopic (exact) mass is 290 g/mol. The third kappa shape index (κ3) is 2.60. The average molecular weight is 290 g/mol. The summed E-state index contributed by atoms with van der Waals surface area (Å²) in [5, 5.41) is 0. The maximum atomic E-state index is 10.7. The molecule has 0 saturated carbocycles. The fourth-order valence-electron chi connectivity index (χ4n) is 2.64. The molecular weight excluding hydrogens is 272 g/mol. The number of aldehydes is 1. The van der Waals surface area contributed by atoms with Crippen LogP contribution in [0.4, 0.5) is 0 Å². The largest absolute Gasteiger partial charge is 0.453 e. The first-order valence-corrected chi connectivity index (χ1v) is 7.33. The van der Waals surface area contributed by atoms with Crippen LogP contribution in [-0.2, 0) is 5.41 Å². The number of furan rings is 1. The van der Waals surface area contributed by atoms with Crippen LogP contribution in [0.1, 0.15) is 35.5 Å². The molecule has 0 radical (unpaired) electrons. The summed E-state index contributed by atoms with van der Waals surface area (Å²) >= 11 is 0. The summed E-state index contributed by atoms with van der Waals surface area (Å²) < 4.78 is 5.46. The van der Waals surface area contributed by atoms with E-state index in [1.54, 1.807) is 6.07 Å². The molecule has 0 atom stereocenters. The molecule has 3 aromatic rings. The first-order chi connectivity index (χ1) is 10.6. The molecule has 0 unspecified atom stereocenters. The molecular formula is C20H18O2. The van der Waals surface area contributed by atoms with Gasteiger partial charge in [0.1, 0.15) is 5.76 Å². The van der Waals surface area contributed by atoms with Gasteiger partial charge in [0, 0.05) is 11.0 Å². The molecule has 1 heterocycles. The Balaban J connectivity index is 1.92. The van der Waals surface area contributed by atoms with Gasteiger partial charge < -0.3 is 4.42 Å². The van der Waals surface area contributed by atoms with Crippen LogP contribution in [0, 0.1) is 0 Å². The highest BCUT2D eigenvalue weighted by Crippen LogP contribution is 2.32. The molecule has 0 amide bonds. The third-order valence-electron chi connectivity index (χ3n) is 4.13. The van der Waals surface area contributed by atoms with Crippen molar-refractivity contribution in [3.05, 3.63) is 83.6 Å². The van der Waals surface area contributed by atoms with E-state index in [4.69, 9.17) is 4.42 Å². The molecule has 0 aliphatic rings. The topological polar surface area (TPSA) is 30.2 Å². The van der Waals surface area contributed by atoms with Gasteiger partial charge in [0.2, 0.25) is 0 Å². The van der Waals surface area contributed by atoms with E-state index in [9.17, 15) is 4.79 Å². The van der Waals surface area contributed by atoms with Crippen LogP contribution in [0.25, 0.3) is 11.3 Å². The summed E-state index contributed by atoms with van der Waals surface area (Å²) in [6.07, 6.45) is 0.719. The fraction of sp³-hybridized carbons (Fsp3) is 0.150. The molecule has 22 heavy (non-hydrogen) atoms. The van der Waals surface area contributed by atoms with Crippen molar-refractivity contribution in [2.75, 3.05) is 0 Å². The summed E-state index contributed by atoms with van der Waals surface area (Å²) in [4.78, 5) is 10.7. The Hall–Kier alpha value is -2.61. The second-order valence-electron chi connectivity index (χ2n) is 5.89. The maximum absolute atomic E-state index is 10.7. The quantitative estimate of drug-likeness (QED) is 0.627. The molecule has 0 saturated heterocycles. The predicted molar refractivity (Wildman–Crippen MR) is 88.1 cm³/mol. The van der Waals surface area contributed by atoms with Crippen molar-refractivity contribution < 1.29 is 9.21 Å². The van der Waals surface area contributed by atoms with Gasteiger partial charge in [0.25, 0.3) is 0 Å². The Bertz CT molecular complexity index is 765. The van der Waals surface area contributed by atoms with Crippen LogP contribution < -0.4 is 0 Å². The Labute approximate surface area is 130 Å². The number of benzene rings is 2. The van der Waals surface area contributed by atoms with Crippen LogP contribution in [0.2, 0.25) is 0 Å². The minimum atomic E-state index is -0.0586. The molecule has 3 rings (SSSR count). The van der Waals surface area contributed by atoms with E-state index < -0.39 is 0 Å². The lowest BCUT2D eigenvalue weighted by Gasteiger charge is -2.26. The number of rotatable bonds is 4. The van der Waals surface area contributed by atoms with Crippen molar-refractivity contribution in [3.8, 4) is 11.3 Å². The van der Waals surface area contributed by atoms with Crippen molar-refractivity contribution >= 4 is 6.29 Å². The Morgan fingerprint density at radius 1 is 0.818 bits per heavy atom. The first-order valence-electron chi connectivity index (χ1n) is 7.33. The molecule has 1 aromatic heterocycles. The molecule has 0 fully saturated rings. The second kappa shape index (κ2) is 5.64. The van der Waals surface area contributed by atoms with Crippen molar-refractivity contribution in [1.29, 1.82) is 0 Å². The minimum Gasteiger partial charge on any atom is -0.453 e. The van der Waals surface area contributed by atoms with E-state index in [0.717, 1.165) is 11.8 Å². The van der Waals surface area contributed by atoms with Crippen LogP contribution >= 0.6 is 0 Å². The van der Waals surface area contributed by atoms with Gasteiger partial charge in [0.05, 0.1) is 0 Å². The highest BCUT2D eigenvalue weighted by Gasteiger charge is 2.22. The van der Waals surface area contributed by atoms with E-state index in [0.29, 0.717) is 11.5 Å². The second-order valence-corrected chi connectivity index (χ2v) is 5.89. The minimum absolute atomic E-state index is 0.0586. The van der Waals surface area contributed by atoms with Crippen molar-refractivity contribution in [1.82, 2.24) is 0 Å². The molecule has 0 bridgehead atoms. The molecule has 0 aliphatic heterocycles. The zero-order valence-electron chi connectivity index (χ0n) is 12.7. The van der Waals surface area contributed by atoms with E-state index in [-0.39, 0.29) is 5.41 Å². The first kappa shape index (κ1) is 14.3. The zero-order valence-corrected chi connectivity index (χ0v) is 12.7. The molecule has 0 spiro atoms. The molecule has 2 heteroatoms. The van der Waals surface area contributed by atoms with E-state index in [1.165, 1.54) is 11.1 Å². The zero-order chi connectivity index (χ0) is 15.6. The van der Waals surface area contributed by atoms with E-state index >= 15 is 0 Å². The van der Waals surface area contributed by atoms with Crippen LogP contribution in [0.3, 0.4) is 0 Å². The molecule has 2 nitrogen and oxygen atoms in total. The Morgan fingerprint density at radius 3 is 2.05 bits per heavy atom. The van der Waals surface area contributed by atoms with Crippen molar-refractivity contribution in [2.45, 2.75) is 19.3 Å². The predicted octanol–water partition coefficient (Wildman–Crippen LogP) is 5.09. The van der Waals surface area contributed by atoms with Gasteiger partial charge >= 0.3 is 0 Å². The van der Waals surface area contributed by atoms with Gasteiger partial charge in [-0.25, -0.2) is 0 Å². The fourth-order valence-corrected chi connectivity index (χ4v) is 2.64. The summed E-state index contributed by atoms with van der Waals surface area (Å²) in [7, 11) is 0. The van der Waals surface area contributed by atoms with E-state index in [1.807, 2.05) is 24.3 Å². The van der Waals surface area contributed by atoms with Crippen molar-refractivity contribution in [3.63, 3.8) is 0 Å². The highest BCUT2D eigenvalue weighted by atomic mass is 16.3. The van der Waals surface area contributed by atoms with Crippen LogP contribution in [-0.4, -0.2) is 6.29 Å². The summed E-state index contributed by atoms with van der Waals surface area (Å²) in [5.41, 5.74) is 3.44. The molecule has 0 aliphatic carbocycles. The lowest BCUT2D eigenvalue weighted by molar-refractivity contribution is 0.110. The van der Waals surface area contributed by atoms with Crippen LogP contribution in [0.5, 0.6) is 0 Å². The third-order valence-corrected chi connectivity index (χ3v) is 4.13. The van der Waals surface area contributed by atoms with Gasteiger partial charge in [-0.1, -0.05) is 68.4 Å². The Morgan fingerprint density at radius 2 is 1.45 bits per heavy atom. The van der Waals surface area contributed by atoms with Crippen molar-refractivity contribution in [2.24, 2.45) is 0 Å². The van der Waals surface area contributed by atoms with Gasteiger partial charge in [-0.05, 0) is 23.3 Å². The van der Waals surface area contributed by atoms with Gasteiger partial charge in [0.15, 0.2) is 12.0 Å². The molecule has 110 valence electrons. The standard InChI is InChI=1S/C20H18O2/c1-20(2,16-6-4-3-5-7-16)17-10-8-15(9-11-17)19-13-12-18(14-21)22-19/h3-14H,1-2H3. The number of hydrogen-bond donors (Lipinski definition) is 0. The van der Waals surface area contributed by atoms with Gasteiger partial charge in [-0.3, -0.25) is 4.79 Å². The SMILES string of the molecule is CC(C)(c1ccccc1)c1ccc(-c2ccc(C=O)o2)cc1. The van der Waals surface area contributed by atoms with Crippen LogP contribution in [0.15, 0.2) is 71.1 Å². The number of carbonyl (C=O) groups is 1. The highest BCUT2D eigenvalue weighted by molar-refractivity contribution is 5.72. The van der Waals surface area contributed by atoms with Gasteiger partial charge in [-0.15, -0.1) is 0 Å². The normalized spacial score (nSPS) is 11.4. The number of hydrogen-bond acceptors (Lipinski definition) is 2. The summed E-state index contributed by atoms with van der Waals surface area (Å²) in [5.74, 6) is 1.06. The average Bonchev–Trinajstić information content (AvgIpc) is 3.05. The van der Waals surface area contributed by atoms with E-state index in [2.05, 4.69) is 50.2 Å². The lowest BCUT2D eigenvalue weighted by atomic mass is 9.78. The summed E-state index contributed by atoms with van der Waals surface area (Å²) in [6.45, 7) is 4.43. The molecule has 0 N–H and O–H groups in total. The summed E-state index contributed by atoms with van der Waals surface area (Å²) in [6, 6.07) is 22.3.